The fraction of sp³-hybridized carbons (Fsp3) is 0.542. The number of guanidine groups is 1. The van der Waals surface area contributed by atoms with Gasteiger partial charge in [0.1, 0.15) is 5.75 Å². The van der Waals surface area contributed by atoms with Crippen molar-refractivity contribution in [1.29, 1.82) is 0 Å². The summed E-state index contributed by atoms with van der Waals surface area (Å²) in [6.07, 6.45) is 2.48. The first-order chi connectivity index (χ1) is 15.2. The number of anilines is 1. The molecule has 0 amide bonds. The van der Waals surface area contributed by atoms with Gasteiger partial charge in [-0.1, -0.05) is 12.1 Å². The van der Waals surface area contributed by atoms with Gasteiger partial charge >= 0.3 is 0 Å². The Kier molecular flexibility index (Phi) is 7.70. The van der Waals surface area contributed by atoms with E-state index in [0.717, 1.165) is 70.0 Å². The van der Waals surface area contributed by atoms with Gasteiger partial charge in [-0.2, -0.15) is 0 Å². The molecule has 2 aliphatic heterocycles. The molecule has 2 aliphatic rings. The highest BCUT2D eigenvalue weighted by Gasteiger charge is 2.23. The number of nitrogens with one attached hydrogen (secondary N) is 1. The Labute approximate surface area is 190 Å². The molecule has 2 saturated heterocycles. The minimum Gasteiger partial charge on any atom is -0.497 e. The third-order valence-corrected chi connectivity index (χ3v) is 7.36. The molecule has 168 valence electrons. The lowest BCUT2D eigenvalue weighted by atomic mass is 9.96. The minimum atomic E-state index is 0.719. The molecule has 0 aliphatic carbocycles. The first kappa shape index (κ1) is 22.0. The molecule has 7 heteroatoms. The normalized spacial score (nSPS) is 19.0. The Morgan fingerprint density at radius 1 is 1.06 bits per heavy atom. The molecule has 1 N–H and O–H groups in total. The smallest absolute Gasteiger partial charge is 0.193 e. The molecule has 31 heavy (non-hydrogen) atoms. The van der Waals surface area contributed by atoms with Gasteiger partial charge in [0, 0.05) is 46.3 Å². The zero-order valence-corrected chi connectivity index (χ0v) is 19.6. The van der Waals surface area contributed by atoms with E-state index in [-0.39, 0.29) is 0 Å². The van der Waals surface area contributed by atoms with Crippen LogP contribution >= 0.6 is 11.3 Å². The Morgan fingerprint density at radius 2 is 1.81 bits per heavy atom. The monoisotopic (exact) mass is 441 g/mol. The van der Waals surface area contributed by atoms with E-state index in [0.29, 0.717) is 0 Å². The summed E-state index contributed by atoms with van der Waals surface area (Å²) in [4.78, 5) is 12.0. The summed E-state index contributed by atoms with van der Waals surface area (Å²) in [5.41, 5.74) is 1.36. The second-order valence-corrected chi connectivity index (χ2v) is 9.35. The second kappa shape index (κ2) is 10.9. The molecule has 6 nitrogen and oxygen atoms in total. The van der Waals surface area contributed by atoms with Crippen molar-refractivity contribution in [3.8, 4) is 5.75 Å². The fourth-order valence-electron chi connectivity index (χ4n) is 4.49. The molecule has 2 fully saturated rings. The molecule has 1 aromatic heterocycles. The van der Waals surface area contributed by atoms with Crippen LogP contribution in [0.1, 0.15) is 18.4 Å². The van der Waals surface area contributed by atoms with E-state index in [4.69, 9.17) is 4.74 Å². The molecule has 0 bridgehead atoms. The molecule has 1 aromatic carbocycles. The van der Waals surface area contributed by atoms with Gasteiger partial charge in [0.05, 0.1) is 12.1 Å². The van der Waals surface area contributed by atoms with E-state index in [9.17, 15) is 0 Å². The summed E-state index contributed by atoms with van der Waals surface area (Å²) in [5.74, 6) is 2.71. The highest BCUT2D eigenvalue weighted by molar-refractivity contribution is 7.14. The Balaban J connectivity index is 1.17. The number of methoxy groups -OCH3 is 1. The van der Waals surface area contributed by atoms with Crippen LogP contribution < -0.4 is 15.0 Å². The van der Waals surface area contributed by atoms with Gasteiger partial charge in [-0.05, 0) is 67.1 Å². The van der Waals surface area contributed by atoms with Gasteiger partial charge < -0.3 is 19.9 Å². The van der Waals surface area contributed by atoms with Crippen molar-refractivity contribution >= 4 is 22.3 Å². The maximum atomic E-state index is 5.26. The third-order valence-electron chi connectivity index (χ3n) is 6.43. The van der Waals surface area contributed by atoms with E-state index in [1.807, 2.05) is 18.4 Å². The van der Waals surface area contributed by atoms with Crippen LogP contribution in [-0.4, -0.2) is 75.7 Å². The minimum absolute atomic E-state index is 0.719. The van der Waals surface area contributed by atoms with E-state index >= 15 is 0 Å². The van der Waals surface area contributed by atoms with Crippen molar-refractivity contribution in [1.82, 2.24) is 15.1 Å². The number of aliphatic imine (C=N–C) groups is 1. The molecule has 0 atom stereocenters. The predicted molar refractivity (Wildman–Crippen MR) is 130 cm³/mol. The molecule has 4 rings (SSSR count). The summed E-state index contributed by atoms with van der Waals surface area (Å²) >= 11 is 1.83. The highest BCUT2D eigenvalue weighted by atomic mass is 32.1. The number of nitrogens with zero attached hydrogens (tertiary/aromatic N) is 4. The summed E-state index contributed by atoms with van der Waals surface area (Å²) in [5, 5.41) is 7.20. The van der Waals surface area contributed by atoms with Crippen LogP contribution in [0.25, 0.3) is 0 Å². The molecule has 0 radical (unpaired) electrons. The SMILES string of the molecule is CN=C(NCC1CCN(Cc2ccc(OC)cc2)CC1)N1CCN(c2cccs2)CC1. The van der Waals surface area contributed by atoms with Crippen molar-refractivity contribution < 1.29 is 4.74 Å². The van der Waals surface area contributed by atoms with Crippen LogP contribution in [0.15, 0.2) is 46.8 Å². The van der Waals surface area contributed by atoms with Crippen LogP contribution in [0.2, 0.25) is 0 Å². The number of hydrogen-bond donors (Lipinski definition) is 1. The van der Waals surface area contributed by atoms with Crippen molar-refractivity contribution in [2.24, 2.45) is 10.9 Å². The summed E-state index contributed by atoms with van der Waals surface area (Å²) in [6.45, 7) is 8.55. The van der Waals surface area contributed by atoms with Gasteiger partial charge in [0.15, 0.2) is 5.96 Å². The van der Waals surface area contributed by atoms with E-state index in [1.165, 1.54) is 23.4 Å². The number of piperidine rings is 1. The maximum absolute atomic E-state index is 5.26. The summed E-state index contributed by atoms with van der Waals surface area (Å²) in [7, 11) is 3.62. The zero-order valence-electron chi connectivity index (χ0n) is 18.8. The molecule has 0 spiro atoms. The number of piperazine rings is 1. The van der Waals surface area contributed by atoms with Crippen molar-refractivity contribution in [2.45, 2.75) is 19.4 Å². The topological polar surface area (TPSA) is 43.3 Å². The molecule has 2 aromatic rings. The lowest BCUT2D eigenvalue weighted by Crippen LogP contribution is -2.53. The largest absolute Gasteiger partial charge is 0.497 e. The molecule has 0 saturated carbocycles. The number of rotatable bonds is 6. The van der Waals surface area contributed by atoms with Crippen LogP contribution in [-0.2, 0) is 6.54 Å². The van der Waals surface area contributed by atoms with Crippen molar-refractivity contribution in [3.63, 3.8) is 0 Å². The van der Waals surface area contributed by atoms with Gasteiger partial charge in [0.25, 0.3) is 0 Å². The first-order valence-electron chi connectivity index (χ1n) is 11.3. The number of thiophene rings is 1. The third kappa shape index (κ3) is 5.92. The average molecular weight is 442 g/mol. The summed E-state index contributed by atoms with van der Waals surface area (Å²) in [6, 6.07) is 12.8. The van der Waals surface area contributed by atoms with Gasteiger partial charge in [-0.15, -0.1) is 11.3 Å². The number of likely N-dealkylation sites (tertiary alicyclic amines) is 1. The number of hydrogen-bond acceptors (Lipinski definition) is 5. The number of benzene rings is 1. The number of ether oxygens (including phenoxy) is 1. The van der Waals surface area contributed by atoms with Crippen LogP contribution in [0, 0.1) is 5.92 Å². The molecular weight excluding hydrogens is 406 g/mol. The van der Waals surface area contributed by atoms with E-state index in [2.05, 4.69) is 66.8 Å². The first-order valence-corrected chi connectivity index (χ1v) is 12.2. The van der Waals surface area contributed by atoms with Crippen LogP contribution in [0.3, 0.4) is 0 Å². The van der Waals surface area contributed by atoms with E-state index in [1.54, 1.807) is 7.11 Å². The van der Waals surface area contributed by atoms with Crippen LogP contribution in [0.4, 0.5) is 5.00 Å². The molecular formula is C24H35N5OS. The van der Waals surface area contributed by atoms with E-state index < -0.39 is 0 Å². The Bertz CT molecular complexity index is 807. The quantitative estimate of drug-likeness (QED) is 0.550. The standard InChI is InChI=1S/C24H35N5OS/c1-25-24(29-15-13-28(14-16-29)23-4-3-17-31-23)26-18-20-9-11-27(12-10-20)19-21-5-7-22(30-2)8-6-21/h3-8,17,20H,9-16,18-19H2,1-2H3,(H,25,26). The zero-order chi connectivity index (χ0) is 21.5. The highest BCUT2D eigenvalue weighted by Crippen LogP contribution is 2.23. The van der Waals surface area contributed by atoms with Crippen LogP contribution in [0.5, 0.6) is 5.75 Å². The summed E-state index contributed by atoms with van der Waals surface area (Å²) < 4.78 is 5.26. The van der Waals surface area contributed by atoms with Gasteiger partial charge in [-0.3, -0.25) is 9.89 Å². The predicted octanol–water partition coefficient (Wildman–Crippen LogP) is 3.37. The van der Waals surface area contributed by atoms with Crippen molar-refractivity contribution in [3.05, 3.63) is 47.3 Å². The van der Waals surface area contributed by atoms with Gasteiger partial charge in [0.2, 0.25) is 0 Å². The lowest BCUT2D eigenvalue weighted by Gasteiger charge is -2.38. The Morgan fingerprint density at radius 3 is 2.42 bits per heavy atom. The second-order valence-electron chi connectivity index (χ2n) is 8.42. The fourth-order valence-corrected chi connectivity index (χ4v) is 5.28. The maximum Gasteiger partial charge on any atom is 0.193 e. The molecule has 0 unspecified atom stereocenters. The average Bonchev–Trinajstić information content (AvgIpc) is 3.36. The Hall–Kier alpha value is -2.25. The molecule has 3 heterocycles. The lowest BCUT2D eigenvalue weighted by molar-refractivity contribution is 0.177. The van der Waals surface area contributed by atoms with Gasteiger partial charge in [-0.25, -0.2) is 0 Å². The van der Waals surface area contributed by atoms with Crippen molar-refractivity contribution in [2.75, 3.05) is 64.9 Å².